The van der Waals surface area contributed by atoms with E-state index in [4.69, 9.17) is 14.5 Å². The van der Waals surface area contributed by atoms with E-state index >= 15 is 4.39 Å². The van der Waals surface area contributed by atoms with Crippen LogP contribution in [0.1, 0.15) is 30.0 Å². The number of piperidine rings is 1. The number of rotatable bonds is 11. The summed E-state index contributed by atoms with van der Waals surface area (Å²) < 4.78 is 70.2. The van der Waals surface area contributed by atoms with Crippen LogP contribution in [0.15, 0.2) is 109 Å². The predicted octanol–water partition coefficient (Wildman–Crippen LogP) is 8.47. The highest BCUT2D eigenvalue weighted by molar-refractivity contribution is 7.91. The summed E-state index contributed by atoms with van der Waals surface area (Å²) in [5.74, 6) is -1.08. The molecule has 1 fully saturated rings. The van der Waals surface area contributed by atoms with Gasteiger partial charge in [-0.2, -0.15) is 0 Å². The first-order valence-electron chi connectivity index (χ1n) is 17.7. The minimum absolute atomic E-state index is 0.0456. The molecule has 2 N–H and O–H groups in total. The number of ether oxygens (including phenoxy) is 2. The molecule has 1 aliphatic rings. The van der Waals surface area contributed by atoms with Crippen LogP contribution in [-0.2, 0) is 27.1 Å². The SMILES string of the molecule is Cc1ccc2c(NS(=O)(=O)Cc3ccccc3F)c(F)ccc2c1Oc1ncccc1-c1ccnc(N[C@H]2C[C@@H](C)CN(C(=O)OCc3ccccc3)C2)n1. The number of carbonyl (C=O) groups excluding carboxylic acids is 1. The molecule has 2 aromatic heterocycles. The van der Waals surface area contributed by atoms with Crippen molar-refractivity contribution in [1.29, 1.82) is 0 Å². The molecule has 0 radical (unpaired) electrons. The Morgan fingerprint density at radius 3 is 2.47 bits per heavy atom. The highest BCUT2D eigenvalue weighted by atomic mass is 32.2. The molecule has 1 aliphatic heterocycles. The molecule has 4 aromatic carbocycles. The smallest absolute Gasteiger partial charge is 0.410 e. The first-order valence-corrected chi connectivity index (χ1v) is 19.3. The zero-order valence-corrected chi connectivity index (χ0v) is 30.9. The van der Waals surface area contributed by atoms with Gasteiger partial charge in [-0.25, -0.2) is 36.9 Å². The summed E-state index contributed by atoms with van der Waals surface area (Å²) in [6, 6.07) is 26.1. The monoisotopic (exact) mass is 764 g/mol. The third-order valence-corrected chi connectivity index (χ3v) is 10.4. The lowest BCUT2D eigenvalue weighted by Crippen LogP contribution is -2.48. The second kappa shape index (κ2) is 16.1. The number of nitrogens with zero attached hydrogens (tertiary/aromatic N) is 4. The fraction of sp³-hybridized carbons (Fsp3) is 0.220. The van der Waals surface area contributed by atoms with E-state index in [9.17, 15) is 17.6 Å². The van der Waals surface area contributed by atoms with Gasteiger partial charge in [0.15, 0.2) is 0 Å². The molecule has 0 saturated carbocycles. The second-order valence-electron chi connectivity index (χ2n) is 13.5. The molecule has 1 saturated heterocycles. The van der Waals surface area contributed by atoms with Crippen molar-refractivity contribution in [3.63, 3.8) is 0 Å². The van der Waals surface area contributed by atoms with Gasteiger partial charge in [-0.1, -0.05) is 67.6 Å². The van der Waals surface area contributed by atoms with Gasteiger partial charge in [0, 0.05) is 47.9 Å². The molecule has 282 valence electrons. The Hall–Kier alpha value is -6.15. The zero-order chi connectivity index (χ0) is 38.5. The molecule has 11 nitrogen and oxygen atoms in total. The Kier molecular flexibility index (Phi) is 10.9. The number of hydrogen-bond donors (Lipinski definition) is 2. The van der Waals surface area contributed by atoms with Crippen LogP contribution in [-0.4, -0.2) is 53.5 Å². The number of sulfonamides is 1. The largest absolute Gasteiger partial charge is 0.445 e. The normalized spacial score (nSPS) is 15.7. The first kappa shape index (κ1) is 37.2. The highest BCUT2D eigenvalue weighted by Crippen LogP contribution is 2.40. The van der Waals surface area contributed by atoms with Gasteiger partial charge in [-0.05, 0) is 66.8 Å². The van der Waals surface area contributed by atoms with Crippen LogP contribution in [0, 0.1) is 24.5 Å². The number of aromatic nitrogens is 3. The van der Waals surface area contributed by atoms with Crippen LogP contribution in [0.3, 0.4) is 0 Å². The Labute approximate surface area is 317 Å². The van der Waals surface area contributed by atoms with Gasteiger partial charge < -0.3 is 19.7 Å². The summed E-state index contributed by atoms with van der Waals surface area (Å²) in [7, 11) is -4.22. The lowest BCUT2D eigenvalue weighted by molar-refractivity contribution is 0.0783. The number of fused-ring (bicyclic) bond motifs is 1. The summed E-state index contributed by atoms with van der Waals surface area (Å²) >= 11 is 0. The molecule has 0 unspecified atom stereocenters. The summed E-state index contributed by atoms with van der Waals surface area (Å²) in [5, 5.41) is 4.05. The third kappa shape index (κ3) is 8.81. The van der Waals surface area contributed by atoms with Crippen LogP contribution in [0.25, 0.3) is 22.0 Å². The van der Waals surface area contributed by atoms with Crippen LogP contribution in [0.4, 0.5) is 25.2 Å². The van der Waals surface area contributed by atoms with Gasteiger partial charge in [0.25, 0.3) is 0 Å². The molecule has 55 heavy (non-hydrogen) atoms. The van der Waals surface area contributed by atoms with Gasteiger partial charge in [0.1, 0.15) is 24.0 Å². The molecule has 1 amide bonds. The fourth-order valence-electron chi connectivity index (χ4n) is 6.65. The molecule has 7 rings (SSSR count). The third-order valence-electron chi connectivity index (χ3n) is 9.22. The summed E-state index contributed by atoms with van der Waals surface area (Å²) in [6.45, 7) is 5.06. The van der Waals surface area contributed by atoms with Crippen LogP contribution in [0.5, 0.6) is 11.6 Å². The van der Waals surface area contributed by atoms with E-state index < -0.39 is 27.4 Å². The fourth-order valence-corrected chi connectivity index (χ4v) is 7.89. The number of carbonyl (C=O) groups is 1. The summed E-state index contributed by atoms with van der Waals surface area (Å²) in [5.41, 5.74) is 2.31. The first-order chi connectivity index (χ1) is 26.5. The van der Waals surface area contributed by atoms with Crippen LogP contribution < -0.4 is 14.8 Å². The molecule has 6 aromatic rings. The molecular formula is C41H38F2N6O5S. The van der Waals surface area contributed by atoms with Gasteiger partial charge in [0.05, 0.1) is 22.7 Å². The number of anilines is 2. The van der Waals surface area contributed by atoms with Crippen molar-refractivity contribution in [2.45, 2.75) is 38.7 Å². The zero-order valence-electron chi connectivity index (χ0n) is 30.1. The van der Waals surface area contributed by atoms with Gasteiger partial charge in [0.2, 0.25) is 21.9 Å². The van der Waals surface area contributed by atoms with Crippen molar-refractivity contribution in [2.24, 2.45) is 5.92 Å². The number of nitrogens with one attached hydrogen (secondary N) is 2. The van der Waals surface area contributed by atoms with Gasteiger partial charge >= 0.3 is 6.09 Å². The lowest BCUT2D eigenvalue weighted by Gasteiger charge is -2.36. The Balaban J connectivity index is 1.11. The molecule has 2 atom stereocenters. The van der Waals surface area contributed by atoms with Crippen molar-refractivity contribution >= 4 is 38.5 Å². The van der Waals surface area contributed by atoms with E-state index in [-0.39, 0.29) is 47.2 Å². The Bertz CT molecular complexity index is 2450. The summed E-state index contributed by atoms with van der Waals surface area (Å²) in [4.78, 5) is 28.4. The minimum Gasteiger partial charge on any atom is -0.445 e. The molecular weight excluding hydrogens is 727 g/mol. The minimum atomic E-state index is -4.22. The quantitative estimate of drug-likeness (QED) is 0.133. The average molecular weight is 765 g/mol. The number of halogens is 2. The molecule has 0 bridgehead atoms. The number of amides is 1. The van der Waals surface area contributed by atoms with E-state index in [2.05, 4.69) is 26.9 Å². The van der Waals surface area contributed by atoms with Crippen molar-refractivity contribution in [1.82, 2.24) is 19.9 Å². The Morgan fingerprint density at radius 1 is 0.873 bits per heavy atom. The molecule has 3 heterocycles. The van der Waals surface area contributed by atoms with Crippen molar-refractivity contribution < 1.29 is 31.5 Å². The molecule has 0 spiro atoms. The van der Waals surface area contributed by atoms with E-state index in [1.54, 1.807) is 54.5 Å². The summed E-state index contributed by atoms with van der Waals surface area (Å²) in [6.07, 6.45) is 3.59. The standard InChI is InChI=1S/C41H38F2N6O5S/c1-26-21-30(23-49(22-26)41(50)53-24-28-9-4-3-5-10-28)46-40-45-20-18-36(47-40)33-12-8-19-44-39(33)54-38-27(2)14-15-31-32(38)16-17-35(43)37(31)48-55(51,52)25-29-11-6-7-13-34(29)42/h3-20,26,30,48H,21-25H2,1-2H3,(H,45,46,47)/t26-,30+/m1/s1. The number of likely N-dealkylation sites (tertiary alicyclic amines) is 1. The lowest BCUT2D eigenvalue weighted by atomic mass is 9.96. The maximum Gasteiger partial charge on any atom is 0.410 e. The van der Waals surface area contributed by atoms with Crippen LogP contribution in [0.2, 0.25) is 0 Å². The topological polar surface area (TPSA) is 136 Å². The second-order valence-corrected chi connectivity index (χ2v) is 15.3. The van der Waals surface area contributed by atoms with Crippen molar-refractivity contribution in [2.75, 3.05) is 23.1 Å². The van der Waals surface area contributed by atoms with E-state index in [1.165, 1.54) is 30.3 Å². The Morgan fingerprint density at radius 2 is 1.65 bits per heavy atom. The van der Waals surface area contributed by atoms with E-state index in [0.717, 1.165) is 18.1 Å². The number of pyridine rings is 1. The predicted molar refractivity (Wildman–Crippen MR) is 206 cm³/mol. The highest BCUT2D eigenvalue weighted by Gasteiger charge is 2.29. The van der Waals surface area contributed by atoms with Crippen molar-refractivity contribution in [3.8, 4) is 22.9 Å². The average Bonchev–Trinajstić information content (AvgIpc) is 3.17. The number of benzene rings is 4. The van der Waals surface area contributed by atoms with Crippen molar-refractivity contribution in [3.05, 3.63) is 138 Å². The van der Waals surface area contributed by atoms with Gasteiger partial charge in [-0.3, -0.25) is 4.72 Å². The van der Waals surface area contributed by atoms with Crippen LogP contribution >= 0.6 is 0 Å². The number of aryl methyl sites for hydroxylation is 1. The maximum atomic E-state index is 15.3. The molecule has 14 heteroatoms. The molecule has 0 aliphatic carbocycles. The van der Waals surface area contributed by atoms with E-state index in [0.29, 0.717) is 47.0 Å². The maximum absolute atomic E-state index is 15.3. The number of hydrogen-bond acceptors (Lipinski definition) is 9. The van der Waals surface area contributed by atoms with E-state index in [1.807, 2.05) is 30.3 Å². The van der Waals surface area contributed by atoms with Gasteiger partial charge in [-0.15, -0.1) is 0 Å².